The minimum Gasteiger partial charge on any atom is -0.481 e. The van der Waals surface area contributed by atoms with Gasteiger partial charge in [0.1, 0.15) is 11.2 Å². The van der Waals surface area contributed by atoms with Gasteiger partial charge in [-0.2, -0.15) is 0 Å². The average Bonchev–Trinajstić information content (AvgIpc) is 3.07. The molecule has 0 unspecified atom stereocenters. The van der Waals surface area contributed by atoms with Crippen LogP contribution < -0.4 is 5.32 Å². The molecule has 2 fully saturated rings. The average molecular weight is 810 g/mol. The van der Waals surface area contributed by atoms with Crippen LogP contribution in [0.1, 0.15) is 113 Å². The number of carboxylic acids is 1. The van der Waals surface area contributed by atoms with E-state index in [1.165, 1.54) is 33.4 Å². The molecule has 12 heteroatoms. The Kier molecular flexibility index (Phi) is 22.5. The van der Waals surface area contributed by atoms with Crippen molar-refractivity contribution in [3.05, 3.63) is 69.8 Å². The molecule has 2 aromatic rings. The molecule has 0 bridgehead atoms. The number of hydrogen-bond acceptors (Lipinski definition) is 8. The van der Waals surface area contributed by atoms with Gasteiger partial charge in [-0.15, -0.1) is 24.8 Å². The number of carbonyl (C=O) groups excluding carboxylic acids is 2. The van der Waals surface area contributed by atoms with Crippen molar-refractivity contribution < 1.29 is 29.0 Å². The monoisotopic (exact) mass is 808 g/mol. The third-order valence-electron chi connectivity index (χ3n) is 9.33. The molecule has 2 saturated heterocycles. The van der Waals surface area contributed by atoms with Crippen LogP contribution in [0.25, 0.3) is 0 Å². The minimum atomic E-state index is -0.694. The predicted molar refractivity (Wildman–Crippen MR) is 227 cm³/mol. The number of rotatable bonds is 14. The first kappa shape index (κ1) is 50.1. The molecular weight excluding hydrogens is 739 g/mol. The molecule has 1 amide bonds. The normalized spacial score (nSPS) is 15.2. The summed E-state index contributed by atoms with van der Waals surface area (Å²) in [6, 6.07) is 13.3. The van der Waals surface area contributed by atoms with Crippen LogP contribution in [-0.2, 0) is 45.0 Å². The highest BCUT2D eigenvalue weighted by Crippen LogP contribution is 2.21. The largest absolute Gasteiger partial charge is 0.481 e. The number of aryl methyl sites for hydroxylation is 4. The van der Waals surface area contributed by atoms with E-state index in [2.05, 4.69) is 65.4 Å². The molecule has 2 aliphatic rings. The van der Waals surface area contributed by atoms with E-state index >= 15 is 0 Å². The van der Waals surface area contributed by atoms with Crippen LogP contribution in [0.15, 0.2) is 36.4 Å². The summed E-state index contributed by atoms with van der Waals surface area (Å²) in [5.74, 6) is -0.815. The van der Waals surface area contributed by atoms with Gasteiger partial charge in [-0.25, -0.2) is 4.79 Å². The molecule has 10 nitrogen and oxygen atoms in total. The fraction of sp³-hybridized carbons (Fsp3) is 0.651. The molecule has 0 spiro atoms. The Morgan fingerprint density at radius 2 is 1.09 bits per heavy atom. The minimum absolute atomic E-state index is 0. The number of esters is 1. The Hall–Kier alpha value is -2.89. The summed E-state index contributed by atoms with van der Waals surface area (Å²) in [4.78, 5) is 41.5. The van der Waals surface area contributed by atoms with E-state index in [-0.39, 0.29) is 43.3 Å². The number of carboxylic acid groups (broad SMARTS) is 1. The first-order valence-electron chi connectivity index (χ1n) is 19.7. The molecular formula is C43H70Cl2N4O6. The van der Waals surface area contributed by atoms with Crippen molar-refractivity contribution in [1.29, 1.82) is 0 Å². The third-order valence-corrected chi connectivity index (χ3v) is 9.33. The predicted octanol–water partition coefficient (Wildman–Crippen LogP) is 8.14. The van der Waals surface area contributed by atoms with Crippen molar-refractivity contribution in [3.63, 3.8) is 0 Å². The van der Waals surface area contributed by atoms with E-state index in [4.69, 9.17) is 14.6 Å². The molecule has 55 heavy (non-hydrogen) atoms. The smallest absolute Gasteiger partial charge is 0.410 e. The van der Waals surface area contributed by atoms with Crippen molar-refractivity contribution in [2.75, 3.05) is 52.4 Å². The number of unbranched alkanes of at least 4 members (excludes halogenated alkanes) is 2. The molecule has 0 aliphatic carbocycles. The van der Waals surface area contributed by atoms with Crippen LogP contribution in [0.2, 0.25) is 0 Å². The lowest BCUT2D eigenvalue weighted by Gasteiger charge is -2.35. The van der Waals surface area contributed by atoms with Crippen LogP contribution in [0.3, 0.4) is 0 Å². The number of nitrogens with one attached hydrogen (secondary N) is 1. The number of nitrogens with zero attached hydrogens (tertiary/aromatic N) is 3. The van der Waals surface area contributed by atoms with Crippen LogP contribution in [0.5, 0.6) is 0 Å². The maximum atomic E-state index is 12.3. The third kappa shape index (κ3) is 20.7. The molecule has 2 heterocycles. The highest BCUT2D eigenvalue weighted by molar-refractivity contribution is 5.85. The van der Waals surface area contributed by atoms with Gasteiger partial charge in [0.15, 0.2) is 0 Å². The number of benzene rings is 2. The zero-order valence-corrected chi connectivity index (χ0v) is 36.5. The standard InChI is InChI=1S/C26H42N2O4.C17H26N2O2.2ClH/c1-20-12-13-22(21(18-20)10-8-9-11-23(29)31-25(2,3)4)19-27-14-16-28(17-15-27)24(30)32-26(5,6)7;1-14-6-7-16(13-19-10-8-18-9-11-19)15(12-14)4-2-3-5-17(20)21;;/h12-13,18H,8-11,14-17,19H2,1-7H3;6-7,12,18H,2-5,8-11,13H2,1H3,(H,20,21);2*1H. The fourth-order valence-electron chi connectivity index (χ4n) is 6.62. The quantitative estimate of drug-likeness (QED) is 0.144. The summed E-state index contributed by atoms with van der Waals surface area (Å²) in [6.07, 6.45) is 5.95. The summed E-state index contributed by atoms with van der Waals surface area (Å²) in [7, 11) is 0. The Morgan fingerprint density at radius 3 is 1.55 bits per heavy atom. The molecule has 0 radical (unpaired) electrons. The van der Waals surface area contributed by atoms with Crippen LogP contribution >= 0.6 is 24.8 Å². The first-order valence-corrected chi connectivity index (χ1v) is 19.7. The Morgan fingerprint density at radius 1 is 0.636 bits per heavy atom. The van der Waals surface area contributed by atoms with Gasteiger partial charge in [0.05, 0.1) is 0 Å². The topological polar surface area (TPSA) is 112 Å². The van der Waals surface area contributed by atoms with Gasteiger partial charge in [0.2, 0.25) is 0 Å². The SMILES string of the molecule is Cc1ccc(CN2CCN(C(=O)OC(C)(C)C)CC2)c(CCCCC(=O)OC(C)(C)C)c1.Cc1ccc(CN2CCNCC2)c(CCCCC(=O)O)c1.Cl.Cl. The lowest BCUT2D eigenvalue weighted by atomic mass is 9.98. The van der Waals surface area contributed by atoms with E-state index in [1.807, 2.05) is 41.5 Å². The highest BCUT2D eigenvalue weighted by atomic mass is 35.5. The summed E-state index contributed by atoms with van der Waals surface area (Å²) >= 11 is 0. The molecule has 0 aromatic heterocycles. The lowest BCUT2D eigenvalue weighted by molar-refractivity contribution is -0.155. The maximum Gasteiger partial charge on any atom is 0.410 e. The van der Waals surface area contributed by atoms with Gasteiger partial charge in [-0.1, -0.05) is 47.5 Å². The zero-order chi connectivity index (χ0) is 39.0. The number of aliphatic carboxylic acids is 1. The van der Waals surface area contributed by atoms with Crippen molar-refractivity contribution in [3.8, 4) is 0 Å². The van der Waals surface area contributed by atoms with Crippen LogP contribution in [-0.4, -0.2) is 101 Å². The first-order chi connectivity index (χ1) is 25.0. The number of ether oxygens (including phenoxy) is 2. The van der Waals surface area contributed by atoms with E-state index in [9.17, 15) is 14.4 Å². The number of carbonyl (C=O) groups is 3. The molecule has 312 valence electrons. The van der Waals surface area contributed by atoms with Crippen LogP contribution in [0, 0.1) is 13.8 Å². The number of piperazine rings is 2. The Balaban J connectivity index is 0.000000573. The molecule has 0 saturated carbocycles. The van der Waals surface area contributed by atoms with Gasteiger partial charge >= 0.3 is 18.0 Å². The second-order valence-electron chi connectivity index (χ2n) is 16.7. The summed E-state index contributed by atoms with van der Waals surface area (Å²) in [5.41, 5.74) is 7.13. The summed E-state index contributed by atoms with van der Waals surface area (Å²) in [6.45, 7) is 24.9. The molecule has 0 atom stereocenters. The second-order valence-corrected chi connectivity index (χ2v) is 16.7. The number of halogens is 2. The Bertz CT molecular complexity index is 1460. The molecule has 2 aromatic carbocycles. The summed E-state index contributed by atoms with van der Waals surface area (Å²) < 4.78 is 10.9. The second kappa shape index (κ2) is 24.7. The van der Waals surface area contributed by atoms with E-state index in [0.29, 0.717) is 19.5 Å². The fourth-order valence-corrected chi connectivity index (χ4v) is 6.62. The lowest BCUT2D eigenvalue weighted by Crippen LogP contribution is -2.49. The van der Waals surface area contributed by atoms with Crippen molar-refractivity contribution >= 4 is 42.8 Å². The number of hydrogen-bond donors (Lipinski definition) is 2. The van der Waals surface area contributed by atoms with E-state index in [0.717, 1.165) is 90.9 Å². The molecule has 2 aliphatic heterocycles. The van der Waals surface area contributed by atoms with Crippen LogP contribution in [0.4, 0.5) is 4.79 Å². The van der Waals surface area contributed by atoms with E-state index in [1.54, 1.807) is 4.90 Å². The van der Waals surface area contributed by atoms with Crippen molar-refractivity contribution in [2.45, 2.75) is 131 Å². The van der Waals surface area contributed by atoms with E-state index < -0.39 is 17.2 Å². The van der Waals surface area contributed by atoms with Crippen molar-refractivity contribution in [1.82, 2.24) is 20.0 Å². The van der Waals surface area contributed by atoms with Gasteiger partial charge in [-0.3, -0.25) is 19.4 Å². The van der Waals surface area contributed by atoms with Crippen molar-refractivity contribution in [2.24, 2.45) is 0 Å². The zero-order valence-electron chi connectivity index (χ0n) is 34.8. The molecule has 2 N–H and O–H groups in total. The maximum absolute atomic E-state index is 12.3. The van der Waals surface area contributed by atoms with Gasteiger partial charge < -0.3 is 24.8 Å². The van der Waals surface area contributed by atoms with Gasteiger partial charge in [-0.05, 0) is 116 Å². The molecule has 4 rings (SSSR count). The summed E-state index contributed by atoms with van der Waals surface area (Å²) in [5, 5.41) is 12.1. The number of amides is 1. The highest BCUT2D eigenvalue weighted by Gasteiger charge is 2.26. The van der Waals surface area contributed by atoms with Gasteiger partial charge in [0, 0.05) is 78.3 Å². The van der Waals surface area contributed by atoms with Gasteiger partial charge in [0.25, 0.3) is 0 Å². The Labute approximate surface area is 343 Å².